The summed E-state index contributed by atoms with van der Waals surface area (Å²) in [5, 5.41) is 3.82. The first-order valence-corrected chi connectivity index (χ1v) is 5.87. The molecule has 0 unspecified atom stereocenters. The number of aldehydes is 1. The van der Waals surface area contributed by atoms with Crippen LogP contribution in [0.3, 0.4) is 0 Å². The molecule has 0 aliphatic rings. The van der Waals surface area contributed by atoms with Crippen LogP contribution in [-0.2, 0) is 5.75 Å². The molecule has 0 atom stereocenters. The normalized spacial score (nSPS) is 10.3. The molecule has 0 aliphatic carbocycles. The molecule has 2 aromatic rings. The third-order valence-electron chi connectivity index (χ3n) is 2.05. The van der Waals surface area contributed by atoms with E-state index >= 15 is 0 Å². The minimum Gasteiger partial charge on any atom is -0.360 e. The average molecular weight is 233 g/mol. The van der Waals surface area contributed by atoms with E-state index in [4.69, 9.17) is 4.52 Å². The van der Waals surface area contributed by atoms with Crippen molar-refractivity contribution in [2.24, 2.45) is 0 Å². The van der Waals surface area contributed by atoms with Gasteiger partial charge in [-0.2, -0.15) is 0 Å². The van der Waals surface area contributed by atoms with Crippen molar-refractivity contribution in [3.8, 4) is 0 Å². The zero-order chi connectivity index (χ0) is 11.4. The lowest BCUT2D eigenvalue weighted by molar-refractivity contribution is 0.112. The molecule has 1 aromatic heterocycles. The molecule has 0 saturated carbocycles. The van der Waals surface area contributed by atoms with Crippen LogP contribution >= 0.6 is 11.8 Å². The number of carbonyl (C=O) groups excluding carboxylic acids is 1. The Morgan fingerprint density at radius 2 is 2.31 bits per heavy atom. The zero-order valence-electron chi connectivity index (χ0n) is 8.84. The first-order valence-electron chi connectivity index (χ1n) is 4.88. The maximum absolute atomic E-state index is 10.6. The Hall–Kier alpha value is -1.55. The van der Waals surface area contributed by atoms with Crippen molar-refractivity contribution in [2.75, 3.05) is 0 Å². The fourth-order valence-electron chi connectivity index (χ4n) is 1.32. The molecule has 82 valence electrons. The predicted molar refractivity (Wildman–Crippen MR) is 62.6 cm³/mol. The Balaban J connectivity index is 2.01. The highest BCUT2D eigenvalue weighted by atomic mass is 32.2. The van der Waals surface area contributed by atoms with Crippen molar-refractivity contribution >= 4 is 18.0 Å². The van der Waals surface area contributed by atoms with Gasteiger partial charge >= 0.3 is 0 Å². The maximum Gasteiger partial charge on any atom is 0.150 e. The fraction of sp³-hybridized carbons (Fsp3) is 0.167. The van der Waals surface area contributed by atoms with Gasteiger partial charge in [0.2, 0.25) is 0 Å². The van der Waals surface area contributed by atoms with Crippen molar-refractivity contribution in [1.82, 2.24) is 5.16 Å². The molecule has 0 N–H and O–H groups in total. The molecule has 0 aliphatic heterocycles. The van der Waals surface area contributed by atoms with Crippen LogP contribution in [0.2, 0.25) is 0 Å². The highest BCUT2D eigenvalue weighted by molar-refractivity contribution is 7.98. The topological polar surface area (TPSA) is 43.1 Å². The minimum absolute atomic E-state index is 0.693. The molecule has 4 heteroatoms. The van der Waals surface area contributed by atoms with Gasteiger partial charge in [-0.25, -0.2) is 0 Å². The number of hydrogen-bond acceptors (Lipinski definition) is 4. The third kappa shape index (κ3) is 2.73. The molecule has 0 saturated heterocycles. The number of rotatable bonds is 4. The predicted octanol–water partition coefficient (Wildman–Crippen LogP) is 3.09. The number of carbonyl (C=O) groups is 1. The molecule has 3 nitrogen and oxygen atoms in total. The van der Waals surface area contributed by atoms with Gasteiger partial charge in [0.05, 0.1) is 11.4 Å². The SMILES string of the molecule is Cc1cc(CSc2cccc(C=O)c2)on1. The van der Waals surface area contributed by atoms with E-state index in [2.05, 4.69) is 5.16 Å². The third-order valence-corrected chi connectivity index (χ3v) is 3.07. The Morgan fingerprint density at radius 3 is 3.00 bits per heavy atom. The van der Waals surface area contributed by atoms with Crippen molar-refractivity contribution < 1.29 is 9.32 Å². The molecule has 1 aromatic carbocycles. The Morgan fingerprint density at radius 1 is 1.44 bits per heavy atom. The Labute approximate surface area is 97.8 Å². The first-order chi connectivity index (χ1) is 7.78. The molecule has 0 fully saturated rings. The van der Waals surface area contributed by atoms with Crippen molar-refractivity contribution in [2.45, 2.75) is 17.6 Å². The van der Waals surface area contributed by atoms with E-state index in [1.54, 1.807) is 17.8 Å². The maximum atomic E-state index is 10.6. The summed E-state index contributed by atoms with van der Waals surface area (Å²) in [6.07, 6.45) is 0.850. The number of nitrogens with zero attached hydrogens (tertiary/aromatic N) is 1. The van der Waals surface area contributed by atoms with Gasteiger partial charge in [0, 0.05) is 16.5 Å². The second-order valence-electron chi connectivity index (χ2n) is 3.41. The molecule has 0 radical (unpaired) electrons. The summed E-state index contributed by atoms with van der Waals surface area (Å²) in [5.41, 5.74) is 1.58. The Bertz CT molecular complexity index is 493. The van der Waals surface area contributed by atoms with Crippen LogP contribution in [0.15, 0.2) is 39.8 Å². The number of aryl methyl sites for hydroxylation is 1. The van der Waals surface area contributed by atoms with E-state index in [9.17, 15) is 4.79 Å². The summed E-state index contributed by atoms with van der Waals surface area (Å²) >= 11 is 1.62. The highest BCUT2D eigenvalue weighted by Crippen LogP contribution is 2.23. The average Bonchev–Trinajstić information content (AvgIpc) is 2.73. The van der Waals surface area contributed by atoms with E-state index in [1.165, 1.54) is 0 Å². The summed E-state index contributed by atoms with van der Waals surface area (Å²) in [7, 11) is 0. The molecular formula is C12H11NO2S. The Kier molecular flexibility index (Phi) is 3.41. The van der Waals surface area contributed by atoms with Gasteiger partial charge in [-0.05, 0) is 19.1 Å². The summed E-state index contributed by atoms with van der Waals surface area (Å²) in [5.74, 6) is 1.57. The summed E-state index contributed by atoms with van der Waals surface area (Å²) in [4.78, 5) is 11.7. The van der Waals surface area contributed by atoms with Crippen molar-refractivity contribution in [3.05, 3.63) is 47.3 Å². The van der Waals surface area contributed by atoms with E-state index < -0.39 is 0 Å². The van der Waals surface area contributed by atoms with Gasteiger partial charge in [0.1, 0.15) is 12.0 Å². The van der Waals surface area contributed by atoms with Crippen LogP contribution in [-0.4, -0.2) is 11.4 Å². The number of benzene rings is 1. The lowest BCUT2D eigenvalue weighted by Crippen LogP contribution is -1.81. The van der Waals surface area contributed by atoms with Gasteiger partial charge < -0.3 is 4.52 Å². The second-order valence-corrected chi connectivity index (χ2v) is 4.46. The molecule has 2 rings (SSSR count). The molecule has 0 spiro atoms. The summed E-state index contributed by atoms with van der Waals surface area (Å²) < 4.78 is 5.10. The zero-order valence-corrected chi connectivity index (χ0v) is 9.66. The van der Waals surface area contributed by atoms with E-state index in [1.807, 2.05) is 31.2 Å². The fourth-order valence-corrected chi connectivity index (χ4v) is 2.16. The monoisotopic (exact) mass is 233 g/mol. The van der Waals surface area contributed by atoms with Crippen LogP contribution < -0.4 is 0 Å². The van der Waals surface area contributed by atoms with Crippen molar-refractivity contribution in [3.63, 3.8) is 0 Å². The smallest absolute Gasteiger partial charge is 0.150 e. The van der Waals surface area contributed by atoms with Crippen LogP contribution in [0, 0.1) is 6.92 Å². The van der Waals surface area contributed by atoms with Crippen LogP contribution in [0.5, 0.6) is 0 Å². The van der Waals surface area contributed by atoms with E-state index in [-0.39, 0.29) is 0 Å². The van der Waals surface area contributed by atoms with Gasteiger partial charge in [0.25, 0.3) is 0 Å². The van der Waals surface area contributed by atoms with Gasteiger partial charge in [-0.1, -0.05) is 17.3 Å². The summed E-state index contributed by atoms with van der Waals surface area (Å²) in [6, 6.07) is 9.41. The quantitative estimate of drug-likeness (QED) is 0.601. The van der Waals surface area contributed by atoms with Crippen LogP contribution in [0.1, 0.15) is 21.8 Å². The van der Waals surface area contributed by atoms with Crippen LogP contribution in [0.4, 0.5) is 0 Å². The van der Waals surface area contributed by atoms with Crippen molar-refractivity contribution in [1.29, 1.82) is 0 Å². The second kappa shape index (κ2) is 4.99. The van der Waals surface area contributed by atoms with E-state index in [0.29, 0.717) is 5.56 Å². The number of hydrogen-bond donors (Lipinski definition) is 0. The molecular weight excluding hydrogens is 222 g/mol. The van der Waals surface area contributed by atoms with Gasteiger partial charge in [-0.15, -0.1) is 11.8 Å². The van der Waals surface area contributed by atoms with E-state index in [0.717, 1.165) is 28.4 Å². The minimum atomic E-state index is 0.693. The lowest BCUT2D eigenvalue weighted by Gasteiger charge is -1.99. The molecule has 0 amide bonds. The largest absolute Gasteiger partial charge is 0.360 e. The standard InChI is InChI=1S/C12H11NO2S/c1-9-5-11(15-13-9)8-16-12-4-2-3-10(6-12)7-14/h2-7H,8H2,1H3. The summed E-state index contributed by atoms with van der Waals surface area (Å²) in [6.45, 7) is 1.89. The lowest BCUT2D eigenvalue weighted by atomic mass is 10.2. The molecule has 1 heterocycles. The first kappa shape index (κ1) is 11.0. The van der Waals surface area contributed by atoms with Crippen LogP contribution in [0.25, 0.3) is 0 Å². The molecule has 16 heavy (non-hydrogen) atoms. The molecule has 0 bridgehead atoms. The van der Waals surface area contributed by atoms with Gasteiger partial charge in [0.15, 0.2) is 0 Å². The number of aromatic nitrogens is 1. The number of thioether (sulfide) groups is 1. The van der Waals surface area contributed by atoms with Gasteiger partial charge in [-0.3, -0.25) is 4.79 Å². The highest BCUT2D eigenvalue weighted by Gasteiger charge is 2.02.